The smallest absolute Gasteiger partial charge is 0.265 e. The van der Waals surface area contributed by atoms with Gasteiger partial charge in [-0.15, -0.1) is 5.10 Å². The Morgan fingerprint density at radius 2 is 2.11 bits per heavy atom. The van der Waals surface area contributed by atoms with Crippen LogP contribution in [0.1, 0.15) is 34.3 Å². The standard InChI is InChI=1S/C13H16N4OS/c1-2-3-11-12(19-17-16-11)13(18)15-8-9-4-6-10(14)7-5-9/h4-7H,2-3,8,14H2,1H3,(H,15,18). The maximum atomic E-state index is 12.0. The molecule has 19 heavy (non-hydrogen) atoms. The molecule has 100 valence electrons. The van der Waals surface area contributed by atoms with Gasteiger partial charge in [0, 0.05) is 12.2 Å². The molecule has 0 aliphatic heterocycles. The molecule has 0 aliphatic rings. The van der Waals surface area contributed by atoms with Gasteiger partial charge in [0.1, 0.15) is 4.88 Å². The van der Waals surface area contributed by atoms with E-state index in [1.165, 1.54) is 0 Å². The normalized spacial score (nSPS) is 10.4. The van der Waals surface area contributed by atoms with E-state index < -0.39 is 0 Å². The van der Waals surface area contributed by atoms with Crippen molar-refractivity contribution in [1.82, 2.24) is 14.9 Å². The fourth-order valence-electron chi connectivity index (χ4n) is 1.68. The van der Waals surface area contributed by atoms with Crippen LogP contribution < -0.4 is 11.1 Å². The van der Waals surface area contributed by atoms with Gasteiger partial charge in [0.15, 0.2) is 0 Å². The zero-order chi connectivity index (χ0) is 13.7. The van der Waals surface area contributed by atoms with E-state index in [2.05, 4.69) is 21.8 Å². The molecular formula is C13H16N4OS. The summed E-state index contributed by atoms with van der Waals surface area (Å²) in [6.07, 6.45) is 1.73. The second-order valence-corrected chi connectivity index (χ2v) is 4.98. The molecule has 0 saturated carbocycles. The zero-order valence-electron chi connectivity index (χ0n) is 10.7. The largest absolute Gasteiger partial charge is 0.399 e. The van der Waals surface area contributed by atoms with Crippen molar-refractivity contribution < 1.29 is 4.79 Å². The second kappa shape index (κ2) is 6.29. The maximum absolute atomic E-state index is 12.0. The Kier molecular flexibility index (Phi) is 4.46. The number of nitrogens with zero attached hydrogens (tertiary/aromatic N) is 2. The van der Waals surface area contributed by atoms with Gasteiger partial charge in [-0.25, -0.2) is 0 Å². The van der Waals surface area contributed by atoms with Crippen molar-refractivity contribution in [1.29, 1.82) is 0 Å². The SMILES string of the molecule is CCCc1nnsc1C(=O)NCc1ccc(N)cc1. The number of nitrogens with one attached hydrogen (secondary N) is 1. The molecule has 3 N–H and O–H groups in total. The highest BCUT2D eigenvalue weighted by Gasteiger charge is 2.15. The Morgan fingerprint density at radius 3 is 2.79 bits per heavy atom. The molecule has 0 bridgehead atoms. The lowest BCUT2D eigenvalue weighted by atomic mass is 10.2. The van der Waals surface area contributed by atoms with E-state index in [4.69, 9.17) is 5.73 Å². The van der Waals surface area contributed by atoms with Crippen molar-refractivity contribution in [2.45, 2.75) is 26.3 Å². The Labute approximate surface area is 116 Å². The van der Waals surface area contributed by atoms with Crippen molar-refractivity contribution in [3.8, 4) is 0 Å². The molecule has 0 fully saturated rings. The summed E-state index contributed by atoms with van der Waals surface area (Å²) in [5.74, 6) is -0.115. The van der Waals surface area contributed by atoms with Gasteiger partial charge >= 0.3 is 0 Å². The molecular weight excluding hydrogens is 260 g/mol. The van der Waals surface area contributed by atoms with Crippen LogP contribution in [0.3, 0.4) is 0 Å². The molecule has 0 spiro atoms. The van der Waals surface area contributed by atoms with Crippen molar-refractivity contribution in [2.24, 2.45) is 0 Å². The first-order valence-corrected chi connectivity index (χ1v) is 6.92. The van der Waals surface area contributed by atoms with E-state index in [0.717, 1.165) is 35.6 Å². The van der Waals surface area contributed by atoms with Crippen LogP contribution in [-0.4, -0.2) is 15.5 Å². The summed E-state index contributed by atoms with van der Waals surface area (Å²) in [7, 11) is 0. The van der Waals surface area contributed by atoms with E-state index in [1.54, 1.807) is 0 Å². The van der Waals surface area contributed by atoms with Crippen LogP contribution in [0, 0.1) is 0 Å². The average Bonchev–Trinajstić information content (AvgIpc) is 2.86. The molecule has 6 heteroatoms. The van der Waals surface area contributed by atoms with E-state index in [0.29, 0.717) is 17.1 Å². The van der Waals surface area contributed by atoms with Gasteiger partial charge < -0.3 is 11.1 Å². The summed E-state index contributed by atoms with van der Waals surface area (Å²) >= 11 is 1.14. The first kappa shape index (κ1) is 13.5. The minimum Gasteiger partial charge on any atom is -0.399 e. The predicted octanol–water partition coefficient (Wildman–Crippen LogP) is 2.00. The molecule has 0 aliphatic carbocycles. The van der Waals surface area contributed by atoms with Crippen LogP contribution in [0.15, 0.2) is 24.3 Å². The van der Waals surface area contributed by atoms with Gasteiger partial charge in [0.2, 0.25) is 0 Å². The zero-order valence-corrected chi connectivity index (χ0v) is 11.5. The van der Waals surface area contributed by atoms with Crippen molar-refractivity contribution in [2.75, 3.05) is 5.73 Å². The lowest BCUT2D eigenvalue weighted by Crippen LogP contribution is -2.23. The Bertz CT molecular complexity index is 550. The number of benzene rings is 1. The minimum atomic E-state index is -0.115. The topological polar surface area (TPSA) is 80.9 Å². The number of aromatic nitrogens is 2. The third-order valence-electron chi connectivity index (χ3n) is 2.68. The third kappa shape index (κ3) is 3.51. The number of amides is 1. The number of aryl methyl sites for hydroxylation is 1. The lowest BCUT2D eigenvalue weighted by Gasteiger charge is -2.05. The number of hydrogen-bond acceptors (Lipinski definition) is 5. The number of anilines is 1. The van der Waals surface area contributed by atoms with Gasteiger partial charge in [-0.1, -0.05) is 30.0 Å². The maximum Gasteiger partial charge on any atom is 0.265 e. The van der Waals surface area contributed by atoms with Gasteiger partial charge in [0.25, 0.3) is 5.91 Å². The van der Waals surface area contributed by atoms with Crippen LogP contribution in [0.25, 0.3) is 0 Å². The molecule has 2 rings (SSSR count). The highest BCUT2D eigenvalue weighted by atomic mass is 32.1. The average molecular weight is 276 g/mol. The minimum absolute atomic E-state index is 0.115. The molecule has 0 saturated heterocycles. The third-order valence-corrected chi connectivity index (χ3v) is 3.45. The fourth-order valence-corrected chi connectivity index (χ4v) is 2.30. The van der Waals surface area contributed by atoms with Crippen molar-refractivity contribution in [3.05, 3.63) is 40.4 Å². The van der Waals surface area contributed by atoms with Crippen LogP contribution in [0.5, 0.6) is 0 Å². The summed E-state index contributed by atoms with van der Waals surface area (Å²) in [4.78, 5) is 12.6. The van der Waals surface area contributed by atoms with Crippen LogP contribution >= 0.6 is 11.5 Å². The van der Waals surface area contributed by atoms with Gasteiger partial charge in [-0.2, -0.15) is 0 Å². The predicted molar refractivity (Wildman–Crippen MR) is 75.9 cm³/mol. The van der Waals surface area contributed by atoms with Crippen LogP contribution in [0.4, 0.5) is 5.69 Å². The molecule has 5 nitrogen and oxygen atoms in total. The van der Waals surface area contributed by atoms with Gasteiger partial charge in [0.05, 0.1) is 5.69 Å². The Balaban J connectivity index is 1.97. The number of hydrogen-bond donors (Lipinski definition) is 2. The highest BCUT2D eigenvalue weighted by Crippen LogP contribution is 2.13. The van der Waals surface area contributed by atoms with E-state index in [1.807, 2.05) is 24.3 Å². The molecule has 1 amide bonds. The van der Waals surface area contributed by atoms with Crippen LogP contribution in [0.2, 0.25) is 0 Å². The Morgan fingerprint density at radius 1 is 1.37 bits per heavy atom. The number of nitrogens with two attached hydrogens (primary N) is 1. The summed E-state index contributed by atoms with van der Waals surface area (Å²) in [6.45, 7) is 2.53. The van der Waals surface area contributed by atoms with E-state index in [9.17, 15) is 4.79 Å². The number of carbonyl (C=O) groups is 1. The molecule has 0 radical (unpaired) electrons. The molecule has 2 aromatic rings. The summed E-state index contributed by atoms with van der Waals surface area (Å²) in [5.41, 5.74) is 8.12. The molecule has 1 heterocycles. The number of carbonyl (C=O) groups excluding carboxylic acids is 1. The van der Waals surface area contributed by atoms with E-state index in [-0.39, 0.29) is 5.91 Å². The Hall–Kier alpha value is -1.95. The quantitative estimate of drug-likeness (QED) is 0.818. The summed E-state index contributed by atoms with van der Waals surface area (Å²) in [6, 6.07) is 7.43. The van der Waals surface area contributed by atoms with Crippen LogP contribution in [-0.2, 0) is 13.0 Å². The number of nitrogen functional groups attached to an aromatic ring is 1. The van der Waals surface area contributed by atoms with Gasteiger partial charge in [-0.05, 0) is 35.6 Å². The van der Waals surface area contributed by atoms with Gasteiger partial charge in [-0.3, -0.25) is 4.79 Å². The first-order valence-electron chi connectivity index (χ1n) is 6.14. The highest BCUT2D eigenvalue weighted by molar-refractivity contribution is 7.08. The second-order valence-electron chi connectivity index (χ2n) is 4.22. The molecule has 0 atom stereocenters. The summed E-state index contributed by atoms with van der Waals surface area (Å²) < 4.78 is 3.84. The molecule has 1 aromatic carbocycles. The molecule has 1 aromatic heterocycles. The van der Waals surface area contributed by atoms with Crippen molar-refractivity contribution in [3.63, 3.8) is 0 Å². The number of rotatable bonds is 5. The van der Waals surface area contributed by atoms with Crippen molar-refractivity contribution >= 4 is 23.1 Å². The monoisotopic (exact) mass is 276 g/mol. The molecule has 0 unspecified atom stereocenters. The lowest BCUT2D eigenvalue weighted by molar-refractivity contribution is 0.0954. The first-order chi connectivity index (χ1) is 9.20. The fraction of sp³-hybridized carbons (Fsp3) is 0.308. The summed E-state index contributed by atoms with van der Waals surface area (Å²) in [5, 5.41) is 6.86. The van der Waals surface area contributed by atoms with E-state index >= 15 is 0 Å².